The van der Waals surface area contributed by atoms with Crippen LogP contribution in [0, 0.1) is 29.9 Å². The predicted octanol–water partition coefficient (Wildman–Crippen LogP) is 4.65. The Morgan fingerprint density at radius 3 is 2.53 bits per heavy atom. The molecule has 19 heavy (non-hydrogen) atoms. The first-order chi connectivity index (χ1) is 9.04. The van der Waals surface area contributed by atoms with E-state index in [0.29, 0.717) is 5.69 Å². The zero-order valence-electron chi connectivity index (χ0n) is 9.97. The van der Waals surface area contributed by atoms with E-state index < -0.39 is 11.6 Å². The lowest BCUT2D eigenvalue weighted by atomic mass is 10.1. The summed E-state index contributed by atoms with van der Waals surface area (Å²) in [6, 6.07) is 9.62. The summed E-state index contributed by atoms with van der Waals surface area (Å²) in [7, 11) is 0. The fraction of sp³-hybridized carbons (Fsp3) is 0.0714. The molecule has 2 nitrogen and oxygen atoms in total. The summed E-state index contributed by atoms with van der Waals surface area (Å²) in [6.07, 6.45) is 0. The molecule has 0 saturated heterocycles. The van der Waals surface area contributed by atoms with Crippen molar-refractivity contribution in [2.75, 3.05) is 5.32 Å². The number of anilines is 2. The molecule has 0 aliphatic rings. The van der Waals surface area contributed by atoms with Crippen LogP contribution in [0.25, 0.3) is 0 Å². The molecule has 5 heteroatoms. The van der Waals surface area contributed by atoms with Crippen molar-refractivity contribution in [2.24, 2.45) is 0 Å². The molecular formula is C14H9BrF2N2. The van der Waals surface area contributed by atoms with Crippen molar-refractivity contribution < 1.29 is 8.78 Å². The highest BCUT2D eigenvalue weighted by Crippen LogP contribution is 2.30. The van der Waals surface area contributed by atoms with Crippen molar-refractivity contribution in [3.8, 4) is 6.07 Å². The van der Waals surface area contributed by atoms with Gasteiger partial charge in [0.1, 0.15) is 6.07 Å². The third-order valence-electron chi connectivity index (χ3n) is 2.66. The van der Waals surface area contributed by atoms with Gasteiger partial charge in [0.05, 0.1) is 16.9 Å². The maximum atomic E-state index is 13.8. The van der Waals surface area contributed by atoms with Gasteiger partial charge in [-0.1, -0.05) is 12.1 Å². The van der Waals surface area contributed by atoms with Gasteiger partial charge in [0.15, 0.2) is 11.6 Å². The van der Waals surface area contributed by atoms with E-state index in [4.69, 9.17) is 5.26 Å². The van der Waals surface area contributed by atoms with Crippen LogP contribution in [0.3, 0.4) is 0 Å². The van der Waals surface area contributed by atoms with Gasteiger partial charge in [-0.05, 0) is 46.6 Å². The molecule has 96 valence electrons. The zero-order valence-corrected chi connectivity index (χ0v) is 11.6. The molecule has 0 aromatic heterocycles. The lowest BCUT2D eigenvalue weighted by Gasteiger charge is -2.11. The predicted molar refractivity (Wildman–Crippen MR) is 73.2 cm³/mol. The van der Waals surface area contributed by atoms with Gasteiger partial charge in [0, 0.05) is 4.47 Å². The summed E-state index contributed by atoms with van der Waals surface area (Å²) in [6.45, 7) is 1.89. The normalized spacial score (nSPS) is 10.1. The van der Waals surface area contributed by atoms with E-state index in [1.54, 1.807) is 18.2 Å². The van der Waals surface area contributed by atoms with E-state index in [1.165, 1.54) is 12.1 Å². The molecule has 0 fully saturated rings. The molecule has 0 saturated carbocycles. The molecule has 2 rings (SSSR count). The molecule has 0 atom stereocenters. The molecule has 0 spiro atoms. The van der Waals surface area contributed by atoms with E-state index in [1.807, 2.05) is 13.0 Å². The first-order valence-corrected chi connectivity index (χ1v) is 6.24. The molecule has 0 aliphatic heterocycles. The molecular weight excluding hydrogens is 314 g/mol. The van der Waals surface area contributed by atoms with Crippen LogP contribution in [0.2, 0.25) is 0 Å². The number of nitrogens with zero attached hydrogens (tertiary/aromatic N) is 1. The molecule has 0 unspecified atom stereocenters. The standard InChI is InChI=1S/C14H9BrF2N2/c1-8-3-2-4-10(12(8)15)19-11-6-5-9(7-18)13(16)14(11)17/h2-6,19H,1H3. The van der Waals surface area contributed by atoms with Crippen LogP contribution >= 0.6 is 15.9 Å². The van der Waals surface area contributed by atoms with E-state index >= 15 is 0 Å². The number of hydrogen-bond donors (Lipinski definition) is 1. The van der Waals surface area contributed by atoms with Crippen molar-refractivity contribution in [1.29, 1.82) is 5.26 Å². The minimum atomic E-state index is -1.14. The largest absolute Gasteiger partial charge is 0.352 e. The Morgan fingerprint density at radius 1 is 1.11 bits per heavy atom. The second kappa shape index (κ2) is 5.37. The summed E-state index contributed by atoms with van der Waals surface area (Å²) in [5, 5.41) is 11.4. The smallest absolute Gasteiger partial charge is 0.183 e. The van der Waals surface area contributed by atoms with Crippen LogP contribution in [0.15, 0.2) is 34.8 Å². The van der Waals surface area contributed by atoms with Crippen LogP contribution in [0.1, 0.15) is 11.1 Å². The number of nitriles is 1. The molecule has 0 bridgehead atoms. The number of nitrogens with one attached hydrogen (secondary N) is 1. The van der Waals surface area contributed by atoms with Gasteiger partial charge >= 0.3 is 0 Å². The highest BCUT2D eigenvalue weighted by atomic mass is 79.9. The van der Waals surface area contributed by atoms with E-state index in [2.05, 4.69) is 21.2 Å². The number of benzene rings is 2. The Balaban J connectivity index is 2.43. The van der Waals surface area contributed by atoms with Crippen LogP contribution in [0.4, 0.5) is 20.2 Å². The quantitative estimate of drug-likeness (QED) is 0.873. The van der Waals surface area contributed by atoms with Crippen molar-refractivity contribution in [1.82, 2.24) is 0 Å². The molecule has 2 aromatic carbocycles. The summed E-state index contributed by atoms with van der Waals surface area (Å²) in [4.78, 5) is 0. The lowest BCUT2D eigenvalue weighted by molar-refractivity contribution is 0.509. The number of rotatable bonds is 2. The fourth-order valence-electron chi connectivity index (χ4n) is 1.62. The Labute approximate surface area is 117 Å². The van der Waals surface area contributed by atoms with E-state index in [9.17, 15) is 8.78 Å². The zero-order chi connectivity index (χ0) is 14.0. The summed E-state index contributed by atoms with van der Waals surface area (Å²) in [5.74, 6) is -2.20. The molecule has 0 amide bonds. The number of aryl methyl sites for hydroxylation is 1. The van der Waals surface area contributed by atoms with Crippen molar-refractivity contribution in [3.05, 3.63) is 57.6 Å². The van der Waals surface area contributed by atoms with Gasteiger partial charge < -0.3 is 5.32 Å². The Morgan fingerprint density at radius 2 is 1.84 bits per heavy atom. The van der Waals surface area contributed by atoms with Crippen molar-refractivity contribution in [3.63, 3.8) is 0 Å². The molecule has 0 radical (unpaired) electrons. The third-order valence-corrected chi connectivity index (χ3v) is 3.72. The van der Waals surface area contributed by atoms with Crippen molar-refractivity contribution >= 4 is 27.3 Å². The second-order valence-corrected chi connectivity index (χ2v) is 4.75. The van der Waals surface area contributed by atoms with Crippen LogP contribution in [0.5, 0.6) is 0 Å². The van der Waals surface area contributed by atoms with Crippen LogP contribution in [-0.4, -0.2) is 0 Å². The average Bonchev–Trinajstić information content (AvgIpc) is 2.40. The minimum Gasteiger partial charge on any atom is -0.352 e. The second-order valence-electron chi connectivity index (χ2n) is 3.96. The van der Waals surface area contributed by atoms with Gasteiger partial charge in [-0.15, -0.1) is 0 Å². The Kier molecular flexibility index (Phi) is 3.82. The lowest BCUT2D eigenvalue weighted by Crippen LogP contribution is -1.99. The Hall–Kier alpha value is -1.93. The first-order valence-electron chi connectivity index (χ1n) is 5.45. The first kappa shape index (κ1) is 13.5. The Bertz CT molecular complexity index is 678. The minimum absolute atomic E-state index is 0.0113. The average molecular weight is 323 g/mol. The molecule has 0 aliphatic carbocycles. The highest BCUT2D eigenvalue weighted by molar-refractivity contribution is 9.10. The fourth-order valence-corrected chi connectivity index (χ4v) is 1.98. The SMILES string of the molecule is Cc1cccc(Nc2ccc(C#N)c(F)c2F)c1Br. The van der Waals surface area contributed by atoms with Crippen LogP contribution < -0.4 is 5.32 Å². The van der Waals surface area contributed by atoms with E-state index in [-0.39, 0.29) is 11.3 Å². The molecule has 1 N–H and O–H groups in total. The van der Waals surface area contributed by atoms with Gasteiger partial charge in [0.25, 0.3) is 0 Å². The number of halogens is 3. The maximum Gasteiger partial charge on any atom is 0.183 e. The van der Waals surface area contributed by atoms with E-state index in [0.717, 1.165) is 10.0 Å². The van der Waals surface area contributed by atoms with Gasteiger partial charge in [-0.3, -0.25) is 0 Å². The third kappa shape index (κ3) is 2.59. The summed E-state index contributed by atoms with van der Waals surface area (Å²) >= 11 is 3.38. The summed E-state index contributed by atoms with van der Waals surface area (Å²) < 4.78 is 28.0. The highest BCUT2D eigenvalue weighted by Gasteiger charge is 2.14. The topological polar surface area (TPSA) is 35.8 Å². The van der Waals surface area contributed by atoms with Gasteiger partial charge in [0.2, 0.25) is 0 Å². The van der Waals surface area contributed by atoms with Crippen LogP contribution in [-0.2, 0) is 0 Å². The van der Waals surface area contributed by atoms with Gasteiger partial charge in [-0.2, -0.15) is 5.26 Å². The monoisotopic (exact) mass is 322 g/mol. The number of hydrogen-bond acceptors (Lipinski definition) is 2. The maximum absolute atomic E-state index is 13.8. The van der Waals surface area contributed by atoms with Gasteiger partial charge in [-0.25, -0.2) is 8.78 Å². The molecule has 2 aromatic rings. The molecule has 0 heterocycles. The summed E-state index contributed by atoms with van der Waals surface area (Å²) in [5.41, 5.74) is 1.27. The van der Waals surface area contributed by atoms with Crippen molar-refractivity contribution in [2.45, 2.75) is 6.92 Å².